The second-order valence-corrected chi connectivity index (χ2v) is 4.80. The van der Waals surface area contributed by atoms with Gasteiger partial charge in [0.15, 0.2) is 5.90 Å². The summed E-state index contributed by atoms with van der Waals surface area (Å²) >= 11 is 0. The van der Waals surface area contributed by atoms with Crippen LogP contribution in [-0.2, 0) is 4.74 Å². The maximum absolute atomic E-state index is 5.78. The largest absolute Gasteiger partial charge is 0.480 e. The third-order valence-electron chi connectivity index (χ3n) is 3.75. The van der Waals surface area contributed by atoms with E-state index in [9.17, 15) is 0 Å². The molecule has 0 radical (unpaired) electrons. The Labute approximate surface area is 90.6 Å². The van der Waals surface area contributed by atoms with Gasteiger partial charge in [-0.3, -0.25) is 0 Å². The number of hydrogen-bond donors (Lipinski definition) is 1. The smallest absolute Gasteiger partial charge is 0.188 e. The van der Waals surface area contributed by atoms with Gasteiger partial charge in [-0.2, -0.15) is 0 Å². The van der Waals surface area contributed by atoms with E-state index in [2.05, 4.69) is 16.4 Å². The molecular weight excluding hydrogens is 188 g/mol. The second kappa shape index (κ2) is 3.97. The average Bonchev–Trinajstić information content (AvgIpc) is 2.89. The number of allylic oxidation sites excluding steroid dienone is 1. The summed E-state index contributed by atoms with van der Waals surface area (Å²) in [5.74, 6) is 1.65. The van der Waals surface area contributed by atoms with E-state index in [0.717, 1.165) is 43.3 Å². The molecular formula is C12H18N2O. The van der Waals surface area contributed by atoms with Crippen molar-refractivity contribution in [1.29, 1.82) is 0 Å². The molecule has 3 heterocycles. The zero-order valence-electron chi connectivity index (χ0n) is 8.98. The number of fused-ring (bicyclic) bond motifs is 2. The molecule has 0 aliphatic carbocycles. The van der Waals surface area contributed by atoms with Gasteiger partial charge in [0.1, 0.15) is 0 Å². The number of rotatable bonds is 2. The predicted octanol–water partition coefficient (Wildman–Crippen LogP) is 1.85. The molecule has 82 valence electrons. The second-order valence-electron chi connectivity index (χ2n) is 4.80. The standard InChI is InChI=1S/C12H18N2O/c1-2-6-13-12(3-1)15-8-9-7-10-4-5-11(9)14-10/h2,6,9-11,14H,1,3-5,7-8H2. The molecule has 0 aromatic carbocycles. The first-order chi connectivity index (χ1) is 7.42. The summed E-state index contributed by atoms with van der Waals surface area (Å²) in [6.45, 7) is 0.862. The Kier molecular flexibility index (Phi) is 2.49. The maximum atomic E-state index is 5.78. The van der Waals surface area contributed by atoms with Crippen LogP contribution in [0.1, 0.15) is 32.1 Å². The molecule has 0 aromatic rings. The van der Waals surface area contributed by atoms with Gasteiger partial charge in [-0.05, 0) is 25.7 Å². The van der Waals surface area contributed by atoms with Crippen LogP contribution in [0.25, 0.3) is 0 Å². The lowest BCUT2D eigenvalue weighted by Gasteiger charge is -2.21. The topological polar surface area (TPSA) is 33.6 Å². The molecule has 3 rings (SSSR count). The van der Waals surface area contributed by atoms with Crippen LogP contribution in [0.2, 0.25) is 0 Å². The number of nitrogens with one attached hydrogen (secondary N) is 1. The molecule has 3 unspecified atom stereocenters. The minimum atomic E-state index is 0.717. The zero-order chi connectivity index (χ0) is 10.1. The number of nitrogens with zero attached hydrogens (tertiary/aromatic N) is 1. The van der Waals surface area contributed by atoms with Crippen molar-refractivity contribution in [2.75, 3.05) is 6.61 Å². The lowest BCUT2D eigenvalue weighted by atomic mass is 9.90. The summed E-state index contributed by atoms with van der Waals surface area (Å²) in [5, 5.41) is 3.63. The fourth-order valence-electron chi connectivity index (χ4n) is 2.92. The Bertz CT molecular complexity index is 298. The first-order valence-corrected chi connectivity index (χ1v) is 6.02. The van der Waals surface area contributed by atoms with Crippen molar-refractivity contribution < 1.29 is 4.74 Å². The van der Waals surface area contributed by atoms with Gasteiger partial charge in [-0.15, -0.1) is 0 Å². The molecule has 1 N–H and O–H groups in total. The van der Waals surface area contributed by atoms with Crippen molar-refractivity contribution in [1.82, 2.24) is 5.32 Å². The third-order valence-corrected chi connectivity index (χ3v) is 3.75. The van der Waals surface area contributed by atoms with E-state index in [1.165, 1.54) is 19.3 Å². The number of aliphatic imine (C=N–C) groups is 1. The van der Waals surface area contributed by atoms with E-state index < -0.39 is 0 Å². The van der Waals surface area contributed by atoms with Crippen molar-refractivity contribution >= 4 is 5.90 Å². The van der Waals surface area contributed by atoms with E-state index >= 15 is 0 Å². The lowest BCUT2D eigenvalue weighted by molar-refractivity contribution is 0.207. The van der Waals surface area contributed by atoms with Crippen LogP contribution in [0.4, 0.5) is 0 Å². The molecule has 2 fully saturated rings. The molecule has 0 aromatic heterocycles. The van der Waals surface area contributed by atoms with Gasteiger partial charge in [0, 0.05) is 30.6 Å². The third kappa shape index (κ3) is 1.93. The highest BCUT2D eigenvalue weighted by atomic mass is 16.5. The number of ether oxygens (including phenoxy) is 1. The summed E-state index contributed by atoms with van der Waals surface area (Å²) < 4.78 is 5.78. The molecule has 3 atom stereocenters. The number of hydrogen-bond acceptors (Lipinski definition) is 3. The van der Waals surface area contributed by atoms with Gasteiger partial charge in [-0.25, -0.2) is 4.99 Å². The predicted molar refractivity (Wildman–Crippen MR) is 59.8 cm³/mol. The van der Waals surface area contributed by atoms with Gasteiger partial charge in [0.2, 0.25) is 0 Å². The van der Waals surface area contributed by atoms with Crippen molar-refractivity contribution in [2.45, 2.75) is 44.2 Å². The molecule has 0 saturated carbocycles. The van der Waals surface area contributed by atoms with Gasteiger partial charge in [-0.1, -0.05) is 6.08 Å². The average molecular weight is 206 g/mol. The fourth-order valence-corrected chi connectivity index (χ4v) is 2.92. The van der Waals surface area contributed by atoms with Crippen molar-refractivity contribution in [3.8, 4) is 0 Å². The zero-order valence-corrected chi connectivity index (χ0v) is 8.98. The normalized spacial score (nSPS) is 38.1. The van der Waals surface area contributed by atoms with Gasteiger partial charge < -0.3 is 10.1 Å². The van der Waals surface area contributed by atoms with Crippen LogP contribution in [0.15, 0.2) is 17.3 Å². The summed E-state index contributed by atoms with van der Waals surface area (Å²) in [5.41, 5.74) is 0. The molecule has 2 bridgehead atoms. The van der Waals surface area contributed by atoms with Crippen molar-refractivity contribution in [3.05, 3.63) is 12.3 Å². The summed E-state index contributed by atoms with van der Waals surface area (Å²) in [4.78, 5) is 4.25. The maximum Gasteiger partial charge on any atom is 0.188 e. The fraction of sp³-hybridized carbons (Fsp3) is 0.750. The van der Waals surface area contributed by atoms with Crippen molar-refractivity contribution in [3.63, 3.8) is 0 Å². The highest BCUT2D eigenvalue weighted by molar-refractivity contribution is 5.77. The van der Waals surface area contributed by atoms with Crippen LogP contribution in [0.3, 0.4) is 0 Å². The van der Waals surface area contributed by atoms with E-state index in [4.69, 9.17) is 4.74 Å². The monoisotopic (exact) mass is 206 g/mol. The van der Waals surface area contributed by atoms with Gasteiger partial charge >= 0.3 is 0 Å². The van der Waals surface area contributed by atoms with Crippen LogP contribution < -0.4 is 5.32 Å². The minimum Gasteiger partial charge on any atom is -0.480 e. The molecule has 3 aliphatic heterocycles. The van der Waals surface area contributed by atoms with Crippen LogP contribution >= 0.6 is 0 Å². The first-order valence-electron chi connectivity index (χ1n) is 6.02. The molecule has 3 nitrogen and oxygen atoms in total. The Balaban J connectivity index is 1.50. The summed E-state index contributed by atoms with van der Waals surface area (Å²) in [7, 11) is 0. The summed E-state index contributed by atoms with van der Waals surface area (Å²) in [6.07, 6.45) is 10.0. The Hall–Kier alpha value is -0.830. The lowest BCUT2D eigenvalue weighted by Crippen LogP contribution is -2.27. The van der Waals surface area contributed by atoms with E-state index in [0.29, 0.717) is 0 Å². The Morgan fingerprint density at radius 2 is 2.47 bits per heavy atom. The van der Waals surface area contributed by atoms with E-state index in [-0.39, 0.29) is 0 Å². The minimum absolute atomic E-state index is 0.717. The highest BCUT2D eigenvalue weighted by Crippen LogP contribution is 2.33. The van der Waals surface area contributed by atoms with Gasteiger partial charge in [0.25, 0.3) is 0 Å². The Morgan fingerprint density at radius 3 is 3.13 bits per heavy atom. The molecule has 2 saturated heterocycles. The Morgan fingerprint density at radius 1 is 1.47 bits per heavy atom. The van der Waals surface area contributed by atoms with Crippen molar-refractivity contribution in [2.24, 2.45) is 10.9 Å². The molecule has 3 aliphatic rings. The molecule has 15 heavy (non-hydrogen) atoms. The van der Waals surface area contributed by atoms with E-state index in [1.807, 2.05) is 6.20 Å². The highest BCUT2D eigenvalue weighted by Gasteiger charge is 2.39. The molecule has 0 amide bonds. The first kappa shape index (κ1) is 9.40. The van der Waals surface area contributed by atoms with Crippen LogP contribution in [0.5, 0.6) is 0 Å². The van der Waals surface area contributed by atoms with Crippen LogP contribution in [-0.4, -0.2) is 24.6 Å². The van der Waals surface area contributed by atoms with Crippen LogP contribution in [0, 0.1) is 5.92 Å². The summed E-state index contributed by atoms with van der Waals surface area (Å²) in [6, 6.07) is 1.49. The quantitative estimate of drug-likeness (QED) is 0.748. The van der Waals surface area contributed by atoms with Gasteiger partial charge in [0.05, 0.1) is 6.61 Å². The molecule has 3 heteroatoms. The van der Waals surface area contributed by atoms with E-state index in [1.54, 1.807) is 0 Å². The molecule has 0 spiro atoms. The SMILES string of the molecule is C1=CN=C(OCC2CC3CCC2N3)CC1.